The molecular weight excluding hydrogens is 428 g/mol. The molecule has 0 aliphatic heterocycles. The molecule has 0 aliphatic rings. The number of benzene rings is 2. The van der Waals surface area contributed by atoms with E-state index in [0.717, 1.165) is 20.1 Å². The topological polar surface area (TPSA) is 76.9 Å². The molecule has 4 aromatic rings. The summed E-state index contributed by atoms with van der Waals surface area (Å²) in [5.41, 5.74) is 1.83. The van der Waals surface area contributed by atoms with Gasteiger partial charge in [0, 0.05) is 15.5 Å². The molecule has 4 rings (SSSR count). The summed E-state index contributed by atoms with van der Waals surface area (Å²) in [6.45, 7) is 2.43. The number of hydrogen-bond donors (Lipinski definition) is 1. The molecule has 0 amide bonds. The fourth-order valence-electron chi connectivity index (χ4n) is 2.68. The quantitative estimate of drug-likeness (QED) is 0.461. The molecule has 29 heavy (non-hydrogen) atoms. The van der Waals surface area contributed by atoms with E-state index in [1.807, 2.05) is 48.7 Å². The van der Waals surface area contributed by atoms with Crippen LogP contribution in [0, 0.1) is 6.92 Å². The Hall–Kier alpha value is -2.68. The minimum atomic E-state index is -3.95. The van der Waals surface area contributed by atoms with Gasteiger partial charge in [-0.05, 0) is 42.6 Å². The zero-order valence-electron chi connectivity index (χ0n) is 15.4. The fourth-order valence-corrected chi connectivity index (χ4v) is 4.65. The number of anilines is 1. The van der Waals surface area contributed by atoms with Gasteiger partial charge >= 0.3 is 0 Å². The summed E-state index contributed by atoms with van der Waals surface area (Å²) in [5.74, 6) is 0.486. The van der Waals surface area contributed by atoms with Gasteiger partial charge in [-0.3, -0.25) is 0 Å². The summed E-state index contributed by atoms with van der Waals surface area (Å²) in [6, 6.07) is 17.5. The average molecular weight is 445 g/mol. The van der Waals surface area contributed by atoms with Crippen LogP contribution in [0.15, 0.2) is 70.9 Å². The number of hydrogen-bond acceptors (Lipinski definition) is 6. The first kappa shape index (κ1) is 19.6. The van der Waals surface area contributed by atoms with Gasteiger partial charge < -0.3 is 5.32 Å². The van der Waals surface area contributed by atoms with E-state index < -0.39 is 10.0 Å². The Morgan fingerprint density at radius 2 is 1.79 bits per heavy atom. The summed E-state index contributed by atoms with van der Waals surface area (Å²) in [6.07, 6.45) is 0. The molecule has 0 aliphatic carbocycles. The second kappa shape index (κ2) is 7.98. The van der Waals surface area contributed by atoms with Crippen molar-refractivity contribution < 1.29 is 8.42 Å². The lowest BCUT2D eigenvalue weighted by molar-refractivity contribution is 0.581. The maximum Gasteiger partial charge on any atom is 0.286 e. The Morgan fingerprint density at radius 3 is 2.45 bits per heavy atom. The van der Waals surface area contributed by atoms with Gasteiger partial charge in [-0.15, -0.1) is 20.5 Å². The molecule has 6 nitrogen and oxygen atoms in total. The highest BCUT2D eigenvalue weighted by molar-refractivity contribution is 7.90. The first-order chi connectivity index (χ1) is 13.9. The third-order valence-corrected chi connectivity index (χ3v) is 6.93. The Morgan fingerprint density at radius 1 is 1.07 bits per heavy atom. The molecule has 9 heteroatoms. The van der Waals surface area contributed by atoms with E-state index in [0.29, 0.717) is 17.4 Å². The van der Waals surface area contributed by atoms with Crippen LogP contribution in [0.5, 0.6) is 0 Å². The SMILES string of the molecule is Cc1ccc(-c2nc(NCc3cccs3)n(S(=O)(=O)c3ccc(Cl)cc3)n2)cc1. The standard InChI is InChI=1S/C20H17ClN4O2S2/c1-14-4-6-15(7-5-14)19-23-20(22-13-17-3-2-12-28-17)25(24-19)29(26,27)18-10-8-16(21)9-11-18/h2-12H,13H2,1H3,(H,22,23,24). The van der Waals surface area contributed by atoms with Crippen molar-refractivity contribution in [2.24, 2.45) is 0 Å². The molecule has 0 atom stereocenters. The lowest BCUT2D eigenvalue weighted by Gasteiger charge is -2.08. The Kier molecular flexibility index (Phi) is 5.40. The smallest absolute Gasteiger partial charge is 0.286 e. The Bertz CT molecular complexity index is 1220. The van der Waals surface area contributed by atoms with Gasteiger partial charge in [0.1, 0.15) is 0 Å². The summed E-state index contributed by atoms with van der Waals surface area (Å²) < 4.78 is 27.4. The van der Waals surface area contributed by atoms with E-state index >= 15 is 0 Å². The maximum absolute atomic E-state index is 13.2. The van der Waals surface area contributed by atoms with Crippen LogP contribution in [0.4, 0.5) is 5.95 Å². The van der Waals surface area contributed by atoms with Crippen LogP contribution in [-0.2, 0) is 16.6 Å². The van der Waals surface area contributed by atoms with E-state index in [1.165, 1.54) is 24.3 Å². The van der Waals surface area contributed by atoms with Gasteiger partial charge in [0.15, 0.2) is 5.82 Å². The van der Waals surface area contributed by atoms with Crippen LogP contribution >= 0.6 is 22.9 Å². The minimum absolute atomic E-state index is 0.0847. The molecule has 0 radical (unpaired) electrons. The summed E-state index contributed by atoms with van der Waals surface area (Å²) >= 11 is 7.48. The van der Waals surface area contributed by atoms with Crippen molar-refractivity contribution in [2.75, 3.05) is 5.32 Å². The fraction of sp³-hybridized carbons (Fsp3) is 0.100. The van der Waals surface area contributed by atoms with E-state index in [2.05, 4.69) is 15.4 Å². The number of thiophene rings is 1. The predicted octanol–water partition coefficient (Wildman–Crippen LogP) is 4.82. The molecule has 0 spiro atoms. The van der Waals surface area contributed by atoms with Crippen molar-refractivity contribution in [1.82, 2.24) is 14.2 Å². The van der Waals surface area contributed by atoms with E-state index in [4.69, 9.17) is 11.6 Å². The summed E-state index contributed by atoms with van der Waals surface area (Å²) in [7, 11) is -3.95. The summed E-state index contributed by atoms with van der Waals surface area (Å²) in [5, 5.41) is 9.82. The van der Waals surface area contributed by atoms with Crippen molar-refractivity contribution in [3.05, 3.63) is 81.5 Å². The first-order valence-electron chi connectivity index (χ1n) is 8.75. The first-order valence-corrected chi connectivity index (χ1v) is 11.4. The molecule has 1 N–H and O–H groups in total. The van der Waals surface area contributed by atoms with Gasteiger partial charge in [0.05, 0.1) is 11.4 Å². The van der Waals surface area contributed by atoms with Crippen LogP contribution < -0.4 is 5.32 Å². The van der Waals surface area contributed by atoms with E-state index in [-0.39, 0.29) is 10.8 Å². The molecule has 0 bridgehead atoms. The minimum Gasteiger partial charge on any atom is -0.349 e. The van der Waals surface area contributed by atoms with Crippen LogP contribution in [0.3, 0.4) is 0 Å². The van der Waals surface area contributed by atoms with Crippen molar-refractivity contribution in [3.8, 4) is 11.4 Å². The summed E-state index contributed by atoms with van der Waals surface area (Å²) in [4.78, 5) is 5.60. The highest BCUT2D eigenvalue weighted by atomic mass is 35.5. The van der Waals surface area contributed by atoms with E-state index in [9.17, 15) is 8.42 Å². The zero-order chi connectivity index (χ0) is 20.4. The number of nitrogens with zero attached hydrogens (tertiary/aromatic N) is 3. The molecule has 2 aromatic carbocycles. The van der Waals surface area contributed by atoms with Crippen molar-refractivity contribution in [2.45, 2.75) is 18.4 Å². The number of nitrogens with one attached hydrogen (secondary N) is 1. The van der Waals surface area contributed by atoms with Gasteiger partial charge in [0.25, 0.3) is 10.0 Å². The maximum atomic E-state index is 13.2. The monoisotopic (exact) mass is 444 g/mol. The van der Waals surface area contributed by atoms with Crippen molar-refractivity contribution in [1.29, 1.82) is 0 Å². The van der Waals surface area contributed by atoms with Crippen LogP contribution in [-0.4, -0.2) is 22.6 Å². The molecule has 2 aromatic heterocycles. The number of aromatic nitrogens is 3. The third-order valence-electron chi connectivity index (χ3n) is 4.23. The van der Waals surface area contributed by atoms with Gasteiger partial charge in [-0.25, -0.2) is 0 Å². The highest BCUT2D eigenvalue weighted by Crippen LogP contribution is 2.24. The van der Waals surface area contributed by atoms with Crippen LogP contribution in [0.1, 0.15) is 10.4 Å². The average Bonchev–Trinajstić information content (AvgIpc) is 3.37. The van der Waals surface area contributed by atoms with Crippen molar-refractivity contribution >= 4 is 38.9 Å². The van der Waals surface area contributed by atoms with Crippen molar-refractivity contribution in [3.63, 3.8) is 0 Å². The van der Waals surface area contributed by atoms with Gasteiger partial charge in [-0.2, -0.15) is 13.4 Å². The number of aryl methyl sites for hydroxylation is 1. The van der Waals surface area contributed by atoms with Crippen LogP contribution in [0.25, 0.3) is 11.4 Å². The third kappa shape index (κ3) is 4.19. The molecular formula is C20H17ClN4O2S2. The Balaban J connectivity index is 1.77. The normalized spacial score (nSPS) is 11.5. The zero-order valence-corrected chi connectivity index (χ0v) is 17.8. The Labute approximate surface area is 177 Å². The van der Waals surface area contributed by atoms with E-state index in [1.54, 1.807) is 11.3 Å². The number of halogens is 1. The molecule has 0 unspecified atom stereocenters. The molecule has 148 valence electrons. The molecule has 2 heterocycles. The second-order valence-electron chi connectivity index (χ2n) is 6.36. The molecule has 0 saturated carbocycles. The highest BCUT2D eigenvalue weighted by Gasteiger charge is 2.24. The lowest BCUT2D eigenvalue weighted by Crippen LogP contribution is -2.18. The van der Waals surface area contributed by atoms with Crippen LogP contribution in [0.2, 0.25) is 5.02 Å². The molecule has 0 saturated heterocycles. The second-order valence-corrected chi connectivity index (χ2v) is 9.60. The molecule has 0 fully saturated rings. The van der Waals surface area contributed by atoms with Gasteiger partial charge in [-0.1, -0.05) is 47.5 Å². The lowest BCUT2D eigenvalue weighted by atomic mass is 10.1. The predicted molar refractivity (Wildman–Crippen MR) is 116 cm³/mol. The van der Waals surface area contributed by atoms with Gasteiger partial charge in [0.2, 0.25) is 5.95 Å². The largest absolute Gasteiger partial charge is 0.349 e. The number of rotatable bonds is 6.